The van der Waals surface area contributed by atoms with E-state index in [4.69, 9.17) is 18.9 Å². The Hall–Kier alpha value is -3.34. The van der Waals surface area contributed by atoms with Crippen LogP contribution in [-0.2, 0) is 27.3 Å². The van der Waals surface area contributed by atoms with Gasteiger partial charge in [0.05, 0.1) is 26.4 Å². The first-order chi connectivity index (χ1) is 19.6. The van der Waals surface area contributed by atoms with Crippen molar-refractivity contribution in [1.82, 2.24) is 20.4 Å². The third-order valence-electron chi connectivity index (χ3n) is 7.74. The molecule has 6 aliphatic rings. The molecule has 0 radical (unpaired) electrons. The zero-order chi connectivity index (χ0) is 27.7. The monoisotopic (exact) mass is 552 g/mol. The van der Waals surface area contributed by atoms with E-state index < -0.39 is 0 Å². The highest BCUT2D eigenvalue weighted by molar-refractivity contribution is 5.78. The van der Waals surface area contributed by atoms with Crippen LogP contribution in [0.4, 0.5) is 0 Å². The summed E-state index contributed by atoms with van der Waals surface area (Å²) in [5.74, 6) is 1.54. The molecule has 10 nitrogen and oxygen atoms in total. The molecule has 2 atom stereocenters. The van der Waals surface area contributed by atoms with Gasteiger partial charge in [-0.1, -0.05) is 18.2 Å². The van der Waals surface area contributed by atoms with Crippen molar-refractivity contribution >= 4 is 11.8 Å². The molecule has 216 valence electrons. The Kier molecular flexibility index (Phi) is 9.75. The van der Waals surface area contributed by atoms with E-state index in [1.54, 1.807) is 13.2 Å². The van der Waals surface area contributed by atoms with Crippen LogP contribution in [0.15, 0.2) is 42.5 Å². The summed E-state index contributed by atoms with van der Waals surface area (Å²) in [6.45, 7) is 7.31. The van der Waals surface area contributed by atoms with Crippen LogP contribution >= 0.6 is 0 Å². The van der Waals surface area contributed by atoms with E-state index in [0.29, 0.717) is 37.4 Å². The van der Waals surface area contributed by atoms with Crippen LogP contribution in [0.3, 0.4) is 0 Å². The van der Waals surface area contributed by atoms with Crippen molar-refractivity contribution < 1.29 is 28.5 Å². The predicted octanol–water partition coefficient (Wildman–Crippen LogP) is 1.61. The number of likely N-dealkylation sites (tertiary alicyclic amines) is 1. The largest absolute Gasteiger partial charge is 0.493 e. The minimum atomic E-state index is -0.207. The molecule has 0 saturated carbocycles. The molecule has 40 heavy (non-hydrogen) atoms. The molecule has 6 aliphatic heterocycles. The average Bonchev–Trinajstić information content (AvgIpc) is 2.99. The Bertz CT molecular complexity index is 1140. The van der Waals surface area contributed by atoms with E-state index in [0.717, 1.165) is 69.2 Å². The highest BCUT2D eigenvalue weighted by atomic mass is 16.5. The first kappa shape index (κ1) is 28.2. The Morgan fingerprint density at radius 2 is 1.70 bits per heavy atom. The summed E-state index contributed by atoms with van der Waals surface area (Å²) in [4.78, 5) is 30.3. The number of rotatable bonds is 4. The molecule has 0 spiro atoms. The van der Waals surface area contributed by atoms with Gasteiger partial charge in [0.1, 0.15) is 11.9 Å². The van der Waals surface area contributed by atoms with Gasteiger partial charge in [0.2, 0.25) is 5.91 Å². The standard InChI is InChI=1S/C30H40N4O6/c1-37-28-18-22-4-8-27(28)39-21-30(36)32-25-20-34(13-12-33-14-16-38-17-15-33)11-10-26(25)40-24-6-2-23(3-7-24)19-31-29(35)9-5-22/h2-4,6-8,18,25-26H,5,9-17,19-21H2,1H3,(H,31,35)(H,32,36)/t25-,26-/m1/s1. The molecule has 4 bridgehead atoms. The lowest BCUT2D eigenvalue weighted by atomic mass is 10.0. The van der Waals surface area contributed by atoms with Gasteiger partial charge in [-0.25, -0.2) is 0 Å². The topological polar surface area (TPSA) is 102 Å². The van der Waals surface area contributed by atoms with E-state index in [9.17, 15) is 9.59 Å². The second-order valence-electron chi connectivity index (χ2n) is 10.6. The lowest BCUT2D eigenvalue weighted by Gasteiger charge is -2.39. The van der Waals surface area contributed by atoms with E-state index in [1.807, 2.05) is 36.4 Å². The number of piperidine rings is 1. The maximum Gasteiger partial charge on any atom is 0.258 e. The number of carbonyl (C=O) groups excluding carboxylic acids is 2. The molecular formula is C30H40N4O6. The van der Waals surface area contributed by atoms with Crippen LogP contribution in [0.25, 0.3) is 0 Å². The maximum absolute atomic E-state index is 13.1. The summed E-state index contributed by atoms with van der Waals surface area (Å²) in [6, 6.07) is 13.2. The highest BCUT2D eigenvalue weighted by Crippen LogP contribution is 2.29. The van der Waals surface area contributed by atoms with E-state index in [2.05, 4.69) is 20.4 Å². The minimum absolute atomic E-state index is 0.0195. The smallest absolute Gasteiger partial charge is 0.258 e. The number of hydrogen-bond donors (Lipinski definition) is 2. The SMILES string of the molecule is COc1cc2ccc1OCC(=O)N[C@@H]1CN(CCN3CCOCC3)CC[C@H]1Oc1ccc(cc1)CNC(=O)CC2. The van der Waals surface area contributed by atoms with Crippen molar-refractivity contribution in [3.63, 3.8) is 0 Å². The number of amides is 2. The fourth-order valence-electron chi connectivity index (χ4n) is 5.37. The second-order valence-corrected chi connectivity index (χ2v) is 10.6. The Morgan fingerprint density at radius 1 is 0.925 bits per heavy atom. The number of nitrogens with one attached hydrogen (secondary N) is 2. The second kappa shape index (κ2) is 13.8. The van der Waals surface area contributed by atoms with Gasteiger partial charge in [-0.05, 0) is 48.2 Å². The van der Waals surface area contributed by atoms with Gasteiger partial charge in [-0.3, -0.25) is 19.4 Å². The van der Waals surface area contributed by atoms with E-state index >= 15 is 0 Å². The van der Waals surface area contributed by atoms with E-state index in [-0.39, 0.29) is 30.6 Å². The molecule has 6 heterocycles. The molecular weight excluding hydrogens is 512 g/mol. The summed E-state index contributed by atoms with van der Waals surface area (Å²) in [5.41, 5.74) is 1.96. The number of carbonyl (C=O) groups is 2. The van der Waals surface area contributed by atoms with Crippen molar-refractivity contribution in [1.29, 1.82) is 0 Å². The Morgan fingerprint density at radius 3 is 2.50 bits per heavy atom. The highest BCUT2D eigenvalue weighted by Gasteiger charge is 2.32. The van der Waals surface area contributed by atoms with Gasteiger partial charge in [-0.2, -0.15) is 0 Å². The van der Waals surface area contributed by atoms with Crippen molar-refractivity contribution in [3.05, 3.63) is 53.6 Å². The number of hydrogen-bond acceptors (Lipinski definition) is 8. The fourth-order valence-corrected chi connectivity index (χ4v) is 5.37. The Labute approximate surface area is 235 Å². The molecule has 0 aromatic heterocycles. The molecule has 2 N–H and O–H groups in total. The maximum atomic E-state index is 13.1. The molecule has 0 aliphatic carbocycles. The van der Waals surface area contributed by atoms with Crippen LogP contribution in [0.1, 0.15) is 24.0 Å². The zero-order valence-electron chi connectivity index (χ0n) is 23.2. The van der Waals surface area contributed by atoms with Crippen LogP contribution in [0, 0.1) is 0 Å². The first-order valence-corrected chi connectivity index (χ1v) is 14.2. The molecule has 2 fully saturated rings. The average molecular weight is 553 g/mol. The number of ether oxygens (including phenoxy) is 4. The minimum Gasteiger partial charge on any atom is -0.493 e. The van der Waals surface area contributed by atoms with Gasteiger partial charge in [0, 0.05) is 52.2 Å². The third kappa shape index (κ3) is 7.87. The lowest BCUT2D eigenvalue weighted by Crippen LogP contribution is -2.58. The molecule has 2 saturated heterocycles. The van der Waals surface area contributed by atoms with E-state index in [1.165, 1.54) is 0 Å². The quantitative estimate of drug-likeness (QED) is 0.590. The van der Waals surface area contributed by atoms with Gasteiger partial charge < -0.3 is 29.6 Å². The molecule has 10 heteroatoms. The van der Waals surface area contributed by atoms with Gasteiger partial charge in [-0.15, -0.1) is 0 Å². The number of morpholine rings is 1. The summed E-state index contributed by atoms with van der Waals surface area (Å²) in [5, 5.41) is 6.17. The van der Waals surface area contributed by atoms with Gasteiger partial charge in [0.15, 0.2) is 18.1 Å². The summed E-state index contributed by atoms with van der Waals surface area (Å²) in [7, 11) is 1.57. The van der Waals surface area contributed by atoms with Crippen molar-refractivity contribution in [3.8, 4) is 17.2 Å². The van der Waals surface area contributed by atoms with Gasteiger partial charge in [0.25, 0.3) is 5.91 Å². The number of aryl methyl sites for hydroxylation is 1. The number of nitrogens with zero attached hydrogens (tertiary/aromatic N) is 2. The summed E-state index contributed by atoms with van der Waals surface area (Å²) in [6.07, 6.45) is 1.55. The molecule has 8 rings (SSSR count). The number of benzene rings is 2. The van der Waals surface area contributed by atoms with Crippen LogP contribution in [0.2, 0.25) is 0 Å². The van der Waals surface area contributed by atoms with Crippen LogP contribution in [0.5, 0.6) is 17.2 Å². The Balaban J connectivity index is 1.30. The third-order valence-corrected chi connectivity index (χ3v) is 7.74. The molecule has 2 aromatic carbocycles. The normalized spacial score (nSPS) is 23.3. The molecule has 2 amide bonds. The number of methoxy groups -OCH3 is 1. The molecule has 0 unspecified atom stereocenters. The van der Waals surface area contributed by atoms with Crippen molar-refractivity contribution in [2.75, 3.05) is 66.2 Å². The van der Waals surface area contributed by atoms with Crippen LogP contribution in [-0.4, -0.2) is 100.0 Å². The first-order valence-electron chi connectivity index (χ1n) is 14.2. The lowest BCUT2D eigenvalue weighted by molar-refractivity contribution is -0.125. The van der Waals surface area contributed by atoms with Crippen LogP contribution < -0.4 is 24.8 Å². The predicted molar refractivity (Wildman–Crippen MR) is 150 cm³/mol. The van der Waals surface area contributed by atoms with Gasteiger partial charge >= 0.3 is 0 Å². The summed E-state index contributed by atoms with van der Waals surface area (Å²) < 4.78 is 23.2. The van der Waals surface area contributed by atoms with Crippen molar-refractivity contribution in [2.45, 2.75) is 38.0 Å². The molecule has 2 aromatic rings. The van der Waals surface area contributed by atoms with Crippen molar-refractivity contribution in [2.24, 2.45) is 0 Å². The fraction of sp³-hybridized carbons (Fsp3) is 0.533. The zero-order valence-corrected chi connectivity index (χ0v) is 23.2. The summed E-state index contributed by atoms with van der Waals surface area (Å²) >= 11 is 0.